The molecule has 2 aliphatic rings. The highest BCUT2D eigenvalue weighted by Gasteiger charge is 2.54. The lowest BCUT2D eigenvalue weighted by Crippen LogP contribution is -2.36. The van der Waals surface area contributed by atoms with Crippen molar-refractivity contribution in [3.63, 3.8) is 0 Å². The monoisotopic (exact) mass is 346 g/mol. The Morgan fingerprint density at radius 2 is 1.88 bits per heavy atom. The van der Waals surface area contributed by atoms with Crippen LogP contribution < -0.4 is 0 Å². The van der Waals surface area contributed by atoms with Crippen molar-refractivity contribution in [1.29, 1.82) is 0 Å². The Morgan fingerprint density at radius 1 is 1.17 bits per heavy atom. The van der Waals surface area contributed by atoms with Gasteiger partial charge in [-0.2, -0.15) is 13.2 Å². The maximum atomic E-state index is 13.1. The molecule has 0 unspecified atom stereocenters. The Labute approximate surface area is 138 Å². The number of benzene rings is 1. The Kier molecular flexibility index (Phi) is 4.63. The molecule has 2 aliphatic heterocycles. The first-order valence-electron chi connectivity index (χ1n) is 7.99. The first kappa shape index (κ1) is 17.7. The number of fused-ring (bicyclic) bond motifs is 1. The van der Waals surface area contributed by atoms with Crippen LogP contribution in [0.15, 0.2) is 24.3 Å². The molecule has 0 bridgehead atoms. The lowest BCUT2D eigenvalue weighted by Gasteiger charge is -2.25. The second-order valence-electron chi connectivity index (χ2n) is 6.48. The first-order chi connectivity index (χ1) is 11.2. The fourth-order valence-corrected chi connectivity index (χ4v) is 3.19. The Bertz CT molecular complexity index is 587. The zero-order valence-corrected chi connectivity index (χ0v) is 13.8. The van der Waals surface area contributed by atoms with E-state index in [-0.39, 0.29) is 18.3 Å². The predicted octanol–water partition coefficient (Wildman–Crippen LogP) is 3.88. The van der Waals surface area contributed by atoms with Crippen LogP contribution in [0.2, 0.25) is 0 Å². The maximum absolute atomic E-state index is 13.1. The summed E-state index contributed by atoms with van der Waals surface area (Å²) >= 11 is 0. The van der Waals surface area contributed by atoms with Crippen molar-refractivity contribution in [2.24, 2.45) is 0 Å². The smallest absolute Gasteiger partial charge is 0.368 e. The molecule has 7 heteroatoms. The van der Waals surface area contributed by atoms with Crippen LogP contribution in [-0.4, -0.2) is 30.4 Å². The summed E-state index contributed by atoms with van der Waals surface area (Å²) in [6.07, 6.45) is -5.48. The van der Waals surface area contributed by atoms with E-state index in [4.69, 9.17) is 18.9 Å². The third kappa shape index (κ3) is 3.44. The van der Waals surface area contributed by atoms with Crippen LogP contribution in [0.25, 0.3) is 0 Å². The summed E-state index contributed by atoms with van der Waals surface area (Å²) in [5.74, 6) is -0.792. The average Bonchev–Trinajstić information content (AvgIpc) is 2.96. The number of halogens is 3. The van der Waals surface area contributed by atoms with Gasteiger partial charge in [0.15, 0.2) is 12.1 Å². The molecule has 3 rings (SSSR count). The summed E-state index contributed by atoms with van der Waals surface area (Å²) in [6.45, 7) is 5.31. The number of ether oxygens (including phenoxy) is 4. The maximum Gasteiger partial charge on any atom is 0.416 e. The normalized spacial score (nSPS) is 32.1. The van der Waals surface area contributed by atoms with Crippen molar-refractivity contribution in [3.05, 3.63) is 35.4 Å². The molecular formula is C17H21F3O4. The minimum atomic E-state index is -4.41. The lowest BCUT2D eigenvalue weighted by molar-refractivity contribution is -0.219. The molecule has 134 valence electrons. The van der Waals surface area contributed by atoms with Gasteiger partial charge in [-0.3, -0.25) is 0 Å². The molecule has 2 saturated heterocycles. The molecule has 2 heterocycles. The molecule has 1 aromatic rings. The third-order valence-electron chi connectivity index (χ3n) is 4.24. The van der Waals surface area contributed by atoms with Crippen LogP contribution in [0.5, 0.6) is 0 Å². The quantitative estimate of drug-likeness (QED) is 0.829. The topological polar surface area (TPSA) is 36.9 Å². The Balaban J connectivity index is 1.74. The number of hydrogen-bond acceptors (Lipinski definition) is 4. The van der Waals surface area contributed by atoms with Crippen LogP contribution >= 0.6 is 0 Å². The van der Waals surface area contributed by atoms with Gasteiger partial charge >= 0.3 is 6.18 Å². The molecule has 0 radical (unpaired) electrons. The largest absolute Gasteiger partial charge is 0.416 e. The summed E-state index contributed by atoms with van der Waals surface area (Å²) in [4.78, 5) is 0. The van der Waals surface area contributed by atoms with Crippen LogP contribution in [-0.2, 0) is 31.7 Å². The van der Waals surface area contributed by atoms with E-state index in [0.29, 0.717) is 6.42 Å². The van der Waals surface area contributed by atoms with Crippen molar-refractivity contribution in [3.8, 4) is 0 Å². The fourth-order valence-electron chi connectivity index (χ4n) is 3.19. The minimum Gasteiger partial charge on any atom is -0.368 e. The van der Waals surface area contributed by atoms with Crippen molar-refractivity contribution < 1.29 is 32.1 Å². The average molecular weight is 346 g/mol. The van der Waals surface area contributed by atoms with Gasteiger partial charge < -0.3 is 18.9 Å². The third-order valence-corrected chi connectivity index (χ3v) is 4.24. The highest BCUT2D eigenvalue weighted by Crippen LogP contribution is 2.40. The molecule has 0 saturated carbocycles. The summed E-state index contributed by atoms with van der Waals surface area (Å²) in [6, 6.07) is 5.42. The second kappa shape index (κ2) is 6.29. The highest BCUT2D eigenvalue weighted by molar-refractivity contribution is 5.29. The Morgan fingerprint density at radius 3 is 2.54 bits per heavy atom. The highest BCUT2D eigenvalue weighted by atomic mass is 19.4. The minimum absolute atomic E-state index is 0.0986. The molecular weight excluding hydrogens is 325 g/mol. The zero-order chi connectivity index (χ0) is 17.5. The number of hydrogen-bond donors (Lipinski definition) is 0. The van der Waals surface area contributed by atoms with Crippen LogP contribution in [0.3, 0.4) is 0 Å². The van der Waals surface area contributed by atoms with Crippen molar-refractivity contribution in [1.82, 2.24) is 0 Å². The summed E-state index contributed by atoms with van der Waals surface area (Å²) in [5.41, 5.74) is -0.584. The van der Waals surface area contributed by atoms with Gasteiger partial charge in [-0.1, -0.05) is 25.1 Å². The molecule has 4 atom stereocenters. The van der Waals surface area contributed by atoms with E-state index >= 15 is 0 Å². The SMILES string of the molecule is CC[C@H]1O[C@@H]2OC(C)(C)O[C@@H]2[C@H]1OCc1ccccc1C(F)(F)F. The van der Waals surface area contributed by atoms with Crippen molar-refractivity contribution in [2.75, 3.05) is 0 Å². The van der Waals surface area contributed by atoms with Gasteiger partial charge in [-0.15, -0.1) is 0 Å². The van der Waals surface area contributed by atoms with E-state index in [1.54, 1.807) is 19.9 Å². The Hall–Kier alpha value is -1.15. The van der Waals surface area contributed by atoms with E-state index in [0.717, 1.165) is 6.07 Å². The molecule has 0 aliphatic carbocycles. The van der Waals surface area contributed by atoms with E-state index in [1.807, 2.05) is 6.92 Å². The van der Waals surface area contributed by atoms with E-state index in [1.165, 1.54) is 12.1 Å². The van der Waals surface area contributed by atoms with E-state index in [2.05, 4.69) is 0 Å². The first-order valence-corrected chi connectivity index (χ1v) is 7.99. The van der Waals surface area contributed by atoms with Crippen LogP contribution in [0.4, 0.5) is 13.2 Å². The molecule has 4 nitrogen and oxygen atoms in total. The van der Waals surface area contributed by atoms with Gasteiger partial charge in [0.25, 0.3) is 0 Å². The molecule has 2 fully saturated rings. The van der Waals surface area contributed by atoms with Crippen molar-refractivity contribution in [2.45, 2.75) is 70.4 Å². The standard InChI is InChI=1S/C17H21F3O4/c1-4-12-13(14-15(22-12)24-16(2,3)23-14)21-9-10-7-5-6-8-11(10)17(18,19)20/h5-8,12-15H,4,9H2,1-3H3/t12-,13+,14-,15-/m1/s1. The molecule has 24 heavy (non-hydrogen) atoms. The number of rotatable bonds is 4. The molecule has 1 aromatic carbocycles. The zero-order valence-electron chi connectivity index (χ0n) is 13.8. The molecule has 0 spiro atoms. The van der Waals surface area contributed by atoms with E-state index in [9.17, 15) is 13.2 Å². The van der Waals surface area contributed by atoms with Gasteiger partial charge in [0.1, 0.15) is 12.2 Å². The summed E-state index contributed by atoms with van der Waals surface area (Å²) in [7, 11) is 0. The van der Waals surface area contributed by atoms with Crippen LogP contribution in [0, 0.1) is 0 Å². The van der Waals surface area contributed by atoms with Gasteiger partial charge in [-0.25, -0.2) is 0 Å². The predicted molar refractivity (Wildman–Crippen MR) is 79.0 cm³/mol. The lowest BCUT2D eigenvalue weighted by atomic mass is 10.1. The van der Waals surface area contributed by atoms with Crippen LogP contribution in [0.1, 0.15) is 38.3 Å². The second-order valence-corrected chi connectivity index (χ2v) is 6.48. The van der Waals surface area contributed by atoms with Gasteiger partial charge in [-0.05, 0) is 31.9 Å². The van der Waals surface area contributed by atoms with E-state index < -0.39 is 36.0 Å². The summed E-state index contributed by atoms with van der Waals surface area (Å²) in [5, 5.41) is 0. The van der Waals surface area contributed by atoms with Gasteiger partial charge in [0.05, 0.1) is 18.3 Å². The summed E-state index contributed by atoms with van der Waals surface area (Å²) < 4.78 is 62.3. The van der Waals surface area contributed by atoms with Gasteiger partial charge in [0.2, 0.25) is 0 Å². The number of alkyl halides is 3. The fraction of sp³-hybridized carbons (Fsp3) is 0.647. The molecule has 0 N–H and O–H groups in total. The molecule has 0 aromatic heterocycles. The molecule has 0 amide bonds. The van der Waals surface area contributed by atoms with Crippen molar-refractivity contribution >= 4 is 0 Å². The van der Waals surface area contributed by atoms with Gasteiger partial charge in [0, 0.05) is 0 Å².